The van der Waals surface area contributed by atoms with Crippen LogP contribution < -0.4 is 21.3 Å². The van der Waals surface area contributed by atoms with Gasteiger partial charge in [0.25, 0.3) is 0 Å². The summed E-state index contributed by atoms with van der Waals surface area (Å²) < 4.78 is 38.1. The number of alkyl halides is 3. The minimum atomic E-state index is -4.35. The van der Waals surface area contributed by atoms with Gasteiger partial charge in [0.1, 0.15) is 5.82 Å². The zero-order valence-corrected chi connectivity index (χ0v) is 17.8. The highest BCUT2D eigenvalue weighted by Gasteiger charge is 2.30. The molecule has 1 saturated heterocycles. The number of amides is 1. The van der Waals surface area contributed by atoms with E-state index in [2.05, 4.69) is 25.5 Å². The number of hydrogen-bond acceptors (Lipinski definition) is 4. The highest BCUT2D eigenvalue weighted by atomic mass is 19.4. The second-order valence-electron chi connectivity index (χ2n) is 7.65. The molecule has 0 saturated carbocycles. The van der Waals surface area contributed by atoms with E-state index in [-0.39, 0.29) is 11.8 Å². The number of carbonyl (C=O) groups is 1. The Morgan fingerprint density at radius 1 is 1.22 bits per heavy atom. The predicted octanol–water partition coefficient (Wildman–Crippen LogP) is 2.67. The normalized spacial score (nSPS) is 17.2. The van der Waals surface area contributed by atoms with Gasteiger partial charge in [-0.15, -0.1) is 0 Å². The summed E-state index contributed by atoms with van der Waals surface area (Å²) >= 11 is 0. The van der Waals surface area contributed by atoms with Crippen molar-refractivity contribution in [1.29, 1.82) is 0 Å². The third kappa shape index (κ3) is 6.12. The molecule has 172 valence electrons. The van der Waals surface area contributed by atoms with Gasteiger partial charge >= 0.3 is 6.18 Å². The van der Waals surface area contributed by atoms with Crippen LogP contribution in [0.15, 0.2) is 47.6 Å². The fourth-order valence-corrected chi connectivity index (χ4v) is 3.65. The van der Waals surface area contributed by atoms with Crippen LogP contribution in [0.1, 0.15) is 29.5 Å². The maximum atomic E-state index is 12.7. The molecule has 3 rings (SSSR count). The monoisotopic (exact) mass is 448 g/mol. The van der Waals surface area contributed by atoms with Gasteiger partial charge in [-0.1, -0.05) is 18.2 Å². The van der Waals surface area contributed by atoms with Crippen molar-refractivity contribution in [2.45, 2.75) is 32.1 Å². The van der Waals surface area contributed by atoms with E-state index in [1.807, 2.05) is 12.1 Å². The number of aromatic nitrogens is 1. The second kappa shape index (κ2) is 10.3. The molecular weight excluding hydrogens is 421 g/mol. The summed E-state index contributed by atoms with van der Waals surface area (Å²) in [5.41, 5.74) is 6.46. The van der Waals surface area contributed by atoms with Gasteiger partial charge < -0.3 is 21.3 Å². The van der Waals surface area contributed by atoms with Crippen LogP contribution in [0.5, 0.6) is 0 Å². The molecule has 10 heteroatoms. The topological polar surface area (TPSA) is 95.6 Å². The Morgan fingerprint density at radius 2 is 1.94 bits per heavy atom. The Labute approximate surface area is 184 Å². The molecule has 32 heavy (non-hydrogen) atoms. The minimum absolute atomic E-state index is 0.190. The Morgan fingerprint density at radius 3 is 2.59 bits per heavy atom. The largest absolute Gasteiger partial charge is 0.416 e. The molecule has 1 fully saturated rings. The zero-order valence-electron chi connectivity index (χ0n) is 17.8. The SMILES string of the molecule is CN=C(NCc1ccc(C(F)(F)F)cc1)NCc1cccnc1N1CCCC(C(N)=O)C1. The summed E-state index contributed by atoms with van der Waals surface area (Å²) in [6.45, 7) is 2.10. The maximum Gasteiger partial charge on any atom is 0.416 e. The fraction of sp³-hybridized carbons (Fsp3) is 0.409. The number of benzene rings is 1. The van der Waals surface area contributed by atoms with Crippen molar-refractivity contribution in [2.24, 2.45) is 16.6 Å². The van der Waals surface area contributed by atoms with E-state index < -0.39 is 11.7 Å². The van der Waals surface area contributed by atoms with Gasteiger partial charge in [0.05, 0.1) is 11.5 Å². The lowest BCUT2D eigenvalue weighted by molar-refractivity contribution is -0.137. The molecule has 0 aliphatic carbocycles. The number of hydrogen-bond donors (Lipinski definition) is 3. The molecule has 1 aliphatic heterocycles. The first kappa shape index (κ1) is 23.4. The van der Waals surface area contributed by atoms with E-state index in [1.165, 1.54) is 12.1 Å². The van der Waals surface area contributed by atoms with Gasteiger partial charge in [0, 0.05) is 45.0 Å². The standard InChI is InChI=1S/C22H27F3N6O/c1-27-21(29-12-15-6-8-18(9-7-15)22(23,24)25)30-13-16-4-2-10-28-20(16)31-11-3-5-17(14-31)19(26)32/h2,4,6-10,17H,3,5,11-14H2,1H3,(H2,26,32)(H2,27,29,30). The molecule has 1 aromatic carbocycles. The quantitative estimate of drug-likeness (QED) is 0.467. The number of nitrogens with zero attached hydrogens (tertiary/aromatic N) is 3. The van der Waals surface area contributed by atoms with Crippen molar-refractivity contribution in [3.63, 3.8) is 0 Å². The molecule has 7 nitrogen and oxygen atoms in total. The lowest BCUT2D eigenvalue weighted by atomic mass is 9.97. The lowest BCUT2D eigenvalue weighted by Crippen LogP contribution is -2.42. The van der Waals surface area contributed by atoms with Crippen molar-refractivity contribution in [3.8, 4) is 0 Å². The van der Waals surface area contributed by atoms with Crippen molar-refractivity contribution in [2.75, 3.05) is 25.0 Å². The number of nitrogens with one attached hydrogen (secondary N) is 2. The number of nitrogens with two attached hydrogens (primary N) is 1. The highest BCUT2D eigenvalue weighted by Crippen LogP contribution is 2.29. The molecule has 0 spiro atoms. The van der Waals surface area contributed by atoms with Crippen molar-refractivity contribution in [1.82, 2.24) is 15.6 Å². The van der Waals surface area contributed by atoms with Crippen molar-refractivity contribution < 1.29 is 18.0 Å². The summed E-state index contributed by atoms with van der Waals surface area (Å²) in [5.74, 6) is 0.820. The van der Waals surface area contributed by atoms with Gasteiger partial charge in [0.2, 0.25) is 5.91 Å². The Hall–Kier alpha value is -3.30. The number of halogens is 3. The Kier molecular flexibility index (Phi) is 7.55. The molecule has 0 bridgehead atoms. The van der Waals surface area contributed by atoms with Crippen LogP contribution in [0.25, 0.3) is 0 Å². The van der Waals surface area contributed by atoms with E-state index in [0.717, 1.165) is 42.9 Å². The number of primary amides is 1. The van der Waals surface area contributed by atoms with Gasteiger partial charge in [-0.25, -0.2) is 4.98 Å². The maximum absolute atomic E-state index is 12.7. The number of anilines is 1. The van der Waals surface area contributed by atoms with Gasteiger partial charge in [0.15, 0.2) is 5.96 Å². The average Bonchev–Trinajstić information content (AvgIpc) is 2.79. The Bertz CT molecular complexity index is 945. The molecule has 1 atom stereocenters. The number of carbonyl (C=O) groups excluding carboxylic acids is 1. The van der Waals surface area contributed by atoms with Crippen LogP contribution >= 0.6 is 0 Å². The van der Waals surface area contributed by atoms with Crippen LogP contribution in [-0.4, -0.2) is 37.0 Å². The van der Waals surface area contributed by atoms with E-state index in [1.54, 1.807) is 13.2 Å². The summed E-state index contributed by atoms with van der Waals surface area (Å²) in [6.07, 6.45) is -0.985. The zero-order chi connectivity index (χ0) is 23.1. The second-order valence-corrected chi connectivity index (χ2v) is 7.65. The third-order valence-corrected chi connectivity index (χ3v) is 5.40. The van der Waals surface area contributed by atoms with Gasteiger partial charge in [-0.05, 0) is 36.6 Å². The average molecular weight is 448 g/mol. The van der Waals surface area contributed by atoms with Crippen molar-refractivity contribution in [3.05, 3.63) is 59.3 Å². The summed E-state index contributed by atoms with van der Waals surface area (Å²) in [7, 11) is 1.62. The van der Waals surface area contributed by atoms with E-state index >= 15 is 0 Å². The summed E-state index contributed by atoms with van der Waals surface area (Å²) in [4.78, 5) is 22.4. The highest BCUT2D eigenvalue weighted by molar-refractivity contribution is 5.80. The summed E-state index contributed by atoms with van der Waals surface area (Å²) in [5, 5.41) is 6.30. The lowest BCUT2D eigenvalue weighted by Gasteiger charge is -2.33. The van der Waals surface area contributed by atoms with E-state index in [9.17, 15) is 18.0 Å². The van der Waals surface area contributed by atoms with E-state index in [0.29, 0.717) is 31.2 Å². The van der Waals surface area contributed by atoms with Gasteiger partial charge in [-0.2, -0.15) is 13.2 Å². The molecule has 1 aliphatic rings. The third-order valence-electron chi connectivity index (χ3n) is 5.40. The fourth-order valence-electron chi connectivity index (χ4n) is 3.65. The van der Waals surface area contributed by atoms with Gasteiger partial charge in [-0.3, -0.25) is 9.79 Å². The molecule has 1 amide bonds. The first-order valence-electron chi connectivity index (χ1n) is 10.4. The number of guanidine groups is 1. The number of rotatable bonds is 6. The van der Waals surface area contributed by atoms with E-state index in [4.69, 9.17) is 5.73 Å². The molecule has 2 aromatic rings. The first-order chi connectivity index (χ1) is 15.3. The number of piperidine rings is 1. The number of aliphatic imine (C=N–C) groups is 1. The number of pyridine rings is 1. The van der Waals surface area contributed by atoms with Crippen LogP contribution in [-0.2, 0) is 24.1 Å². The molecule has 2 heterocycles. The van der Waals surface area contributed by atoms with Crippen LogP contribution in [0.4, 0.5) is 19.0 Å². The molecule has 4 N–H and O–H groups in total. The smallest absolute Gasteiger partial charge is 0.369 e. The van der Waals surface area contributed by atoms with Crippen molar-refractivity contribution >= 4 is 17.7 Å². The molecule has 1 aromatic heterocycles. The molecule has 0 radical (unpaired) electrons. The van der Waals surface area contributed by atoms with Crippen LogP contribution in [0, 0.1) is 5.92 Å². The molecule has 1 unspecified atom stereocenters. The molecular formula is C22H27F3N6O. The Balaban J connectivity index is 1.59. The van der Waals surface area contributed by atoms with Crippen LogP contribution in [0.3, 0.4) is 0 Å². The minimum Gasteiger partial charge on any atom is -0.369 e. The predicted molar refractivity (Wildman–Crippen MR) is 117 cm³/mol. The summed E-state index contributed by atoms with van der Waals surface area (Å²) in [6, 6.07) is 8.79. The van der Waals surface area contributed by atoms with Crippen LogP contribution in [0.2, 0.25) is 0 Å². The first-order valence-corrected chi connectivity index (χ1v) is 10.4.